The number of hydrogen-bond acceptors (Lipinski definition) is 4. The third kappa shape index (κ3) is 2.69. The van der Waals surface area contributed by atoms with Gasteiger partial charge in [-0.05, 0) is 25.0 Å². The van der Waals surface area contributed by atoms with Crippen LogP contribution >= 0.6 is 11.8 Å². The largest absolute Gasteiger partial charge is 0.340 e. The highest BCUT2D eigenvalue weighted by Gasteiger charge is 2.34. The Morgan fingerprint density at radius 1 is 1.39 bits per heavy atom. The van der Waals surface area contributed by atoms with E-state index in [1.165, 1.54) is 0 Å². The van der Waals surface area contributed by atoms with E-state index in [0.29, 0.717) is 11.6 Å². The van der Waals surface area contributed by atoms with E-state index < -0.39 is 0 Å². The van der Waals surface area contributed by atoms with Gasteiger partial charge in [0.15, 0.2) is 0 Å². The number of carbonyl (C=O) groups is 2. The molecule has 1 atom stereocenters. The maximum absolute atomic E-state index is 12.6. The predicted octanol–water partition coefficient (Wildman–Crippen LogP) is 1.76. The topological polar surface area (TPSA) is 69.3 Å². The molecule has 0 aliphatic carbocycles. The summed E-state index contributed by atoms with van der Waals surface area (Å²) < 4.78 is 0. The van der Waals surface area contributed by atoms with Gasteiger partial charge in [-0.15, -0.1) is 11.8 Å². The van der Waals surface area contributed by atoms with Crippen LogP contribution in [0.5, 0.6) is 0 Å². The zero-order chi connectivity index (χ0) is 15.8. The van der Waals surface area contributed by atoms with Gasteiger partial charge in [-0.25, -0.2) is 4.98 Å². The number of aromatic amines is 1. The van der Waals surface area contributed by atoms with Crippen molar-refractivity contribution in [3.05, 3.63) is 30.1 Å². The van der Waals surface area contributed by atoms with Crippen LogP contribution in [0, 0.1) is 0 Å². The van der Waals surface area contributed by atoms with Crippen molar-refractivity contribution in [3.8, 4) is 0 Å². The Morgan fingerprint density at radius 2 is 2.26 bits per heavy atom. The first kappa shape index (κ1) is 14.6. The van der Waals surface area contributed by atoms with E-state index in [9.17, 15) is 9.59 Å². The summed E-state index contributed by atoms with van der Waals surface area (Å²) in [4.78, 5) is 35.8. The molecule has 2 fully saturated rings. The number of rotatable bonds is 3. The van der Waals surface area contributed by atoms with E-state index in [1.807, 2.05) is 29.2 Å². The molecule has 2 saturated heterocycles. The SMILES string of the molecule is O=C1CSCN1CC(=O)N1CCC[C@H]1c1nc2ccccc2[nH]1. The normalized spacial score (nSPS) is 21.6. The molecule has 2 amide bonds. The van der Waals surface area contributed by atoms with Gasteiger partial charge in [-0.1, -0.05) is 12.1 Å². The molecule has 3 heterocycles. The molecule has 1 aromatic heterocycles. The summed E-state index contributed by atoms with van der Waals surface area (Å²) in [7, 11) is 0. The molecular weight excluding hydrogens is 312 g/mol. The highest BCUT2D eigenvalue weighted by molar-refractivity contribution is 8.00. The van der Waals surface area contributed by atoms with Crippen LogP contribution < -0.4 is 0 Å². The molecule has 0 unspecified atom stereocenters. The van der Waals surface area contributed by atoms with Gasteiger partial charge >= 0.3 is 0 Å². The fourth-order valence-electron chi connectivity index (χ4n) is 3.27. The third-order valence-corrected chi connectivity index (χ3v) is 5.39. The monoisotopic (exact) mass is 330 g/mol. The van der Waals surface area contributed by atoms with Crippen molar-refractivity contribution in [1.29, 1.82) is 0 Å². The smallest absolute Gasteiger partial charge is 0.242 e. The van der Waals surface area contributed by atoms with Crippen LogP contribution in [-0.4, -0.2) is 56.3 Å². The Hall–Kier alpha value is -2.02. The number of nitrogens with one attached hydrogen (secondary N) is 1. The summed E-state index contributed by atoms with van der Waals surface area (Å²) in [6, 6.07) is 7.88. The number of para-hydroxylation sites is 2. The van der Waals surface area contributed by atoms with Gasteiger partial charge in [0.1, 0.15) is 12.4 Å². The molecule has 0 bridgehead atoms. The zero-order valence-corrected chi connectivity index (χ0v) is 13.5. The molecule has 23 heavy (non-hydrogen) atoms. The van der Waals surface area contributed by atoms with Crippen LogP contribution in [0.2, 0.25) is 0 Å². The number of H-pyrrole nitrogens is 1. The summed E-state index contributed by atoms with van der Waals surface area (Å²) in [6.07, 6.45) is 1.88. The lowest BCUT2D eigenvalue weighted by molar-refractivity contribution is -0.138. The maximum Gasteiger partial charge on any atom is 0.242 e. The van der Waals surface area contributed by atoms with Crippen LogP contribution in [0.25, 0.3) is 11.0 Å². The Labute approximate surface area is 138 Å². The van der Waals surface area contributed by atoms with Gasteiger partial charge in [0.25, 0.3) is 0 Å². The van der Waals surface area contributed by atoms with Crippen LogP contribution in [0.3, 0.4) is 0 Å². The first-order chi connectivity index (χ1) is 11.2. The summed E-state index contributed by atoms with van der Waals surface area (Å²) in [5, 5.41) is 0. The molecular formula is C16H18N4O2S. The number of benzene rings is 1. The summed E-state index contributed by atoms with van der Waals surface area (Å²) >= 11 is 1.56. The van der Waals surface area contributed by atoms with Crippen LogP contribution in [0.1, 0.15) is 24.7 Å². The van der Waals surface area contributed by atoms with Crippen molar-refractivity contribution < 1.29 is 9.59 Å². The number of imidazole rings is 1. The quantitative estimate of drug-likeness (QED) is 0.931. The van der Waals surface area contributed by atoms with Crippen molar-refractivity contribution in [2.75, 3.05) is 24.7 Å². The molecule has 0 spiro atoms. The van der Waals surface area contributed by atoms with Crippen molar-refractivity contribution in [2.24, 2.45) is 0 Å². The minimum atomic E-state index is -0.0136. The molecule has 0 saturated carbocycles. The molecule has 2 aromatic rings. The standard InChI is InChI=1S/C16H18N4O2S/c21-14(8-19-10-23-9-15(19)22)20-7-3-6-13(20)16-17-11-4-1-2-5-12(11)18-16/h1-2,4-5,13H,3,6-10H2,(H,17,18)/t13-/m0/s1. The first-order valence-corrected chi connectivity index (χ1v) is 8.97. The molecule has 120 valence electrons. The van der Waals surface area contributed by atoms with Gasteiger partial charge in [0.2, 0.25) is 11.8 Å². The van der Waals surface area contributed by atoms with E-state index >= 15 is 0 Å². The Kier molecular flexibility index (Phi) is 3.72. The van der Waals surface area contributed by atoms with Gasteiger partial charge in [0.05, 0.1) is 28.7 Å². The number of likely N-dealkylation sites (tertiary alicyclic amines) is 1. The molecule has 6 nitrogen and oxygen atoms in total. The third-order valence-electron chi connectivity index (χ3n) is 4.45. The number of fused-ring (bicyclic) bond motifs is 1. The van der Waals surface area contributed by atoms with E-state index in [0.717, 1.165) is 36.2 Å². The lowest BCUT2D eigenvalue weighted by Gasteiger charge is -2.25. The second kappa shape index (κ2) is 5.88. The molecule has 1 aromatic carbocycles. The number of thioether (sulfide) groups is 1. The molecule has 7 heteroatoms. The highest BCUT2D eigenvalue weighted by Crippen LogP contribution is 2.31. The average molecular weight is 330 g/mol. The molecule has 0 radical (unpaired) electrons. The molecule has 1 N–H and O–H groups in total. The van der Waals surface area contributed by atoms with E-state index in [4.69, 9.17) is 0 Å². The second-order valence-corrected chi connectivity index (χ2v) is 6.91. The zero-order valence-electron chi connectivity index (χ0n) is 12.7. The molecule has 4 rings (SSSR count). The first-order valence-electron chi connectivity index (χ1n) is 7.82. The van der Waals surface area contributed by atoms with Crippen LogP contribution in [0.15, 0.2) is 24.3 Å². The van der Waals surface area contributed by atoms with Crippen molar-refractivity contribution in [2.45, 2.75) is 18.9 Å². The summed E-state index contributed by atoms with van der Waals surface area (Å²) in [5.74, 6) is 2.03. The number of aromatic nitrogens is 2. The minimum Gasteiger partial charge on any atom is -0.340 e. The summed E-state index contributed by atoms with van der Waals surface area (Å²) in [6.45, 7) is 0.915. The summed E-state index contributed by atoms with van der Waals surface area (Å²) in [5.41, 5.74) is 1.92. The lowest BCUT2D eigenvalue weighted by atomic mass is 10.2. The van der Waals surface area contributed by atoms with E-state index in [-0.39, 0.29) is 24.4 Å². The van der Waals surface area contributed by atoms with Crippen molar-refractivity contribution >= 4 is 34.6 Å². The second-order valence-electron chi connectivity index (χ2n) is 5.95. The highest BCUT2D eigenvalue weighted by atomic mass is 32.2. The lowest BCUT2D eigenvalue weighted by Crippen LogP contribution is -2.41. The number of nitrogens with zero attached hydrogens (tertiary/aromatic N) is 3. The number of hydrogen-bond donors (Lipinski definition) is 1. The van der Waals surface area contributed by atoms with Gasteiger partial charge in [0, 0.05) is 6.54 Å². The molecule has 2 aliphatic heterocycles. The van der Waals surface area contributed by atoms with Crippen LogP contribution in [-0.2, 0) is 9.59 Å². The van der Waals surface area contributed by atoms with E-state index in [1.54, 1.807) is 16.7 Å². The predicted molar refractivity (Wildman–Crippen MR) is 88.8 cm³/mol. The van der Waals surface area contributed by atoms with Gasteiger partial charge < -0.3 is 14.8 Å². The fourth-order valence-corrected chi connectivity index (χ4v) is 4.18. The Bertz CT molecular complexity index is 726. The fraction of sp³-hybridized carbons (Fsp3) is 0.438. The molecule has 2 aliphatic rings. The van der Waals surface area contributed by atoms with Crippen molar-refractivity contribution in [1.82, 2.24) is 19.8 Å². The maximum atomic E-state index is 12.6. The number of amides is 2. The van der Waals surface area contributed by atoms with Gasteiger partial charge in [-0.3, -0.25) is 9.59 Å². The Balaban J connectivity index is 1.53. The van der Waals surface area contributed by atoms with Gasteiger partial charge in [-0.2, -0.15) is 0 Å². The average Bonchev–Trinajstić information content (AvgIpc) is 3.26. The van der Waals surface area contributed by atoms with Crippen molar-refractivity contribution in [3.63, 3.8) is 0 Å². The number of carbonyl (C=O) groups excluding carboxylic acids is 2. The minimum absolute atomic E-state index is 0.0136. The van der Waals surface area contributed by atoms with E-state index in [2.05, 4.69) is 9.97 Å². The Morgan fingerprint density at radius 3 is 3.04 bits per heavy atom. The van der Waals surface area contributed by atoms with Crippen LogP contribution in [0.4, 0.5) is 0 Å².